The Balaban J connectivity index is 0.00000392. The number of hydrogen-bond acceptors (Lipinski definition) is 4. The van der Waals surface area contributed by atoms with Gasteiger partial charge < -0.3 is 20.1 Å². The number of carbonyl (C=O) groups excluding carboxylic acids is 1. The van der Waals surface area contributed by atoms with Gasteiger partial charge in [-0.15, -0.1) is 24.0 Å². The molecule has 0 spiro atoms. The van der Waals surface area contributed by atoms with Crippen LogP contribution in [-0.4, -0.2) is 39.4 Å². The highest BCUT2D eigenvalue weighted by Gasteiger charge is 2.02. The molecule has 28 heavy (non-hydrogen) atoms. The number of benzene rings is 2. The highest BCUT2D eigenvalue weighted by atomic mass is 127. The number of nitrogens with zero attached hydrogens (tertiary/aromatic N) is 1. The predicted octanol–water partition coefficient (Wildman–Crippen LogP) is 3.62. The van der Waals surface area contributed by atoms with Crippen LogP contribution in [0.5, 0.6) is 5.75 Å². The molecule has 0 unspecified atom stereocenters. The number of amides is 1. The summed E-state index contributed by atoms with van der Waals surface area (Å²) in [6.45, 7) is 2.02. The van der Waals surface area contributed by atoms with Crippen molar-refractivity contribution in [1.29, 1.82) is 0 Å². The number of ether oxygens (including phenoxy) is 2. The zero-order valence-corrected chi connectivity index (χ0v) is 18.4. The van der Waals surface area contributed by atoms with Crippen molar-refractivity contribution in [2.24, 2.45) is 4.99 Å². The summed E-state index contributed by atoms with van der Waals surface area (Å²) in [6.07, 6.45) is 0.380. The van der Waals surface area contributed by atoms with Gasteiger partial charge in [0.05, 0.1) is 13.7 Å². The molecule has 0 saturated carbocycles. The van der Waals surface area contributed by atoms with Crippen LogP contribution in [0.1, 0.15) is 12.0 Å². The Bertz CT molecular complexity index is 724. The highest BCUT2D eigenvalue weighted by molar-refractivity contribution is 14.0. The first kappa shape index (κ1) is 23.5. The lowest BCUT2D eigenvalue weighted by Gasteiger charge is -2.12. The van der Waals surface area contributed by atoms with Crippen molar-refractivity contribution in [3.63, 3.8) is 0 Å². The lowest BCUT2D eigenvalue weighted by molar-refractivity contribution is 0.187. The van der Waals surface area contributed by atoms with Crippen LogP contribution in [0, 0.1) is 0 Å². The number of halogens is 1. The number of guanidine groups is 1. The van der Waals surface area contributed by atoms with Crippen LogP contribution in [0.25, 0.3) is 0 Å². The fraction of sp³-hybridized carbons (Fsp3) is 0.300. The molecule has 0 radical (unpaired) electrons. The van der Waals surface area contributed by atoms with Crippen molar-refractivity contribution in [2.45, 2.75) is 13.0 Å². The molecule has 0 heterocycles. The van der Waals surface area contributed by atoms with Crippen molar-refractivity contribution in [1.82, 2.24) is 10.6 Å². The number of aliphatic imine (C=N–C) groups is 1. The van der Waals surface area contributed by atoms with Gasteiger partial charge in [-0.2, -0.15) is 0 Å². The van der Waals surface area contributed by atoms with Crippen molar-refractivity contribution in [3.05, 3.63) is 60.2 Å². The molecule has 0 bridgehead atoms. The molecule has 0 aromatic heterocycles. The van der Waals surface area contributed by atoms with E-state index in [1.165, 1.54) is 7.11 Å². The summed E-state index contributed by atoms with van der Waals surface area (Å²) >= 11 is 0. The minimum atomic E-state index is -0.485. The second-order valence-electron chi connectivity index (χ2n) is 5.68. The second kappa shape index (κ2) is 13.6. The Morgan fingerprint density at radius 3 is 2.39 bits per heavy atom. The molecule has 0 saturated heterocycles. The van der Waals surface area contributed by atoms with Crippen molar-refractivity contribution >= 4 is 41.7 Å². The maximum Gasteiger partial charge on any atom is 0.411 e. The Morgan fingerprint density at radius 1 is 1.04 bits per heavy atom. The number of anilines is 1. The van der Waals surface area contributed by atoms with E-state index in [1.54, 1.807) is 7.05 Å². The Kier molecular flexibility index (Phi) is 11.5. The molecule has 1 amide bonds. The van der Waals surface area contributed by atoms with E-state index < -0.39 is 6.09 Å². The van der Waals surface area contributed by atoms with E-state index in [0.717, 1.165) is 30.2 Å². The minimum absolute atomic E-state index is 0. The zero-order valence-electron chi connectivity index (χ0n) is 16.1. The predicted molar refractivity (Wildman–Crippen MR) is 123 cm³/mol. The zero-order chi connectivity index (χ0) is 19.3. The number of para-hydroxylation sites is 1. The van der Waals surface area contributed by atoms with E-state index in [-0.39, 0.29) is 24.0 Å². The van der Waals surface area contributed by atoms with Gasteiger partial charge in [-0.25, -0.2) is 4.79 Å². The Morgan fingerprint density at radius 2 is 1.75 bits per heavy atom. The lowest BCUT2D eigenvalue weighted by atomic mass is 10.2. The molecule has 7 nitrogen and oxygen atoms in total. The molecule has 0 fully saturated rings. The van der Waals surface area contributed by atoms with Crippen LogP contribution in [0.4, 0.5) is 10.5 Å². The summed E-state index contributed by atoms with van der Waals surface area (Å²) in [5.74, 6) is 1.61. The first-order chi connectivity index (χ1) is 13.2. The van der Waals surface area contributed by atoms with Crippen LogP contribution in [0.15, 0.2) is 59.6 Å². The van der Waals surface area contributed by atoms with Crippen molar-refractivity contribution in [3.8, 4) is 5.75 Å². The Labute approximate surface area is 182 Å². The largest absolute Gasteiger partial charge is 0.494 e. The summed E-state index contributed by atoms with van der Waals surface area (Å²) < 4.78 is 10.2. The fourth-order valence-electron chi connectivity index (χ4n) is 2.27. The van der Waals surface area contributed by atoms with Gasteiger partial charge in [0.1, 0.15) is 5.75 Å². The molecule has 0 aliphatic heterocycles. The number of methoxy groups -OCH3 is 1. The maximum absolute atomic E-state index is 11.2. The molecule has 8 heteroatoms. The van der Waals surface area contributed by atoms with Crippen molar-refractivity contribution in [2.75, 3.05) is 32.6 Å². The smallest absolute Gasteiger partial charge is 0.411 e. The summed E-state index contributed by atoms with van der Waals surface area (Å²) in [6, 6.07) is 17.3. The summed E-state index contributed by atoms with van der Waals surface area (Å²) in [7, 11) is 3.07. The molecule has 0 aliphatic rings. The van der Waals surface area contributed by atoms with Crippen LogP contribution in [0.2, 0.25) is 0 Å². The molecule has 2 rings (SSSR count). The van der Waals surface area contributed by atoms with Crippen LogP contribution in [0.3, 0.4) is 0 Å². The molecule has 2 aromatic rings. The third-order valence-electron chi connectivity index (χ3n) is 3.69. The molecule has 3 N–H and O–H groups in total. The van der Waals surface area contributed by atoms with Gasteiger partial charge in [-0.1, -0.05) is 30.3 Å². The molecular formula is C20H27IN4O3. The monoisotopic (exact) mass is 498 g/mol. The molecule has 152 valence electrons. The molecular weight excluding hydrogens is 471 g/mol. The standard InChI is InChI=1S/C20H26N4O3.HI/c1-21-19(22-13-6-14-27-18-7-4-3-5-8-18)23-15-16-9-11-17(12-10-16)24-20(25)26-2;/h3-5,7-12H,6,13-15H2,1-2H3,(H,24,25)(H2,21,22,23);1H. The average Bonchev–Trinajstić information content (AvgIpc) is 2.71. The molecule has 2 aromatic carbocycles. The van der Waals surface area contributed by atoms with Crippen molar-refractivity contribution < 1.29 is 14.3 Å². The van der Waals surface area contributed by atoms with Crippen LogP contribution < -0.4 is 20.7 Å². The number of hydrogen-bond donors (Lipinski definition) is 3. The van der Waals surface area contributed by atoms with Gasteiger partial charge in [0, 0.05) is 25.8 Å². The molecule has 0 aliphatic carbocycles. The van der Waals surface area contributed by atoms with Gasteiger partial charge in [0.2, 0.25) is 0 Å². The fourth-order valence-corrected chi connectivity index (χ4v) is 2.27. The van der Waals surface area contributed by atoms with Gasteiger partial charge in [-0.3, -0.25) is 10.3 Å². The van der Waals surface area contributed by atoms with E-state index >= 15 is 0 Å². The molecule has 0 atom stereocenters. The average molecular weight is 498 g/mol. The first-order valence-corrected chi connectivity index (χ1v) is 8.77. The second-order valence-corrected chi connectivity index (χ2v) is 5.68. The highest BCUT2D eigenvalue weighted by Crippen LogP contribution is 2.10. The van der Waals surface area contributed by atoms with Gasteiger partial charge in [0.25, 0.3) is 0 Å². The van der Waals surface area contributed by atoms with Gasteiger partial charge in [-0.05, 0) is 36.2 Å². The summed E-state index contributed by atoms with van der Waals surface area (Å²) in [5.41, 5.74) is 1.76. The maximum atomic E-state index is 11.2. The third-order valence-corrected chi connectivity index (χ3v) is 3.69. The number of rotatable bonds is 8. The quantitative estimate of drug-likeness (QED) is 0.224. The first-order valence-electron chi connectivity index (χ1n) is 8.77. The SMILES string of the molecule is CN=C(NCCCOc1ccccc1)NCc1ccc(NC(=O)OC)cc1.I. The summed E-state index contributed by atoms with van der Waals surface area (Å²) in [4.78, 5) is 15.4. The van der Waals surface area contributed by atoms with E-state index in [1.807, 2.05) is 54.6 Å². The normalized spacial score (nSPS) is 10.4. The topological polar surface area (TPSA) is 84.0 Å². The van der Waals surface area contributed by atoms with Gasteiger partial charge in [0.15, 0.2) is 5.96 Å². The van der Waals surface area contributed by atoms with E-state index in [4.69, 9.17) is 4.74 Å². The summed E-state index contributed by atoms with van der Waals surface area (Å²) in [5, 5.41) is 9.13. The van der Waals surface area contributed by atoms with E-state index in [9.17, 15) is 4.79 Å². The van der Waals surface area contributed by atoms with Crippen LogP contribution in [-0.2, 0) is 11.3 Å². The van der Waals surface area contributed by atoms with E-state index in [0.29, 0.717) is 18.8 Å². The van der Waals surface area contributed by atoms with E-state index in [2.05, 4.69) is 25.7 Å². The lowest BCUT2D eigenvalue weighted by Crippen LogP contribution is -2.37. The minimum Gasteiger partial charge on any atom is -0.494 e. The van der Waals surface area contributed by atoms with Gasteiger partial charge >= 0.3 is 6.09 Å². The third kappa shape index (κ3) is 8.94. The Hall–Kier alpha value is -2.49. The number of carbonyl (C=O) groups is 1. The number of nitrogens with one attached hydrogen (secondary N) is 3. The van der Waals surface area contributed by atoms with Crippen LogP contribution >= 0.6 is 24.0 Å².